The number of ether oxygens (including phenoxy) is 2. The normalized spacial score (nSPS) is 11.3. The summed E-state index contributed by atoms with van der Waals surface area (Å²) in [5.41, 5.74) is 1.34. The Labute approximate surface area is 194 Å². The van der Waals surface area contributed by atoms with E-state index in [1.807, 2.05) is 0 Å². The molecule has 32 heavy (non-hydrogen) atoms. The van der Waals surface area contributed by atoms with E-state index in [1.165, 1.54) is 13.2 Å². The lowest BCUT2D eigenvalue weighted by Crippen LogP contribution is -2.34. The number of rotatable bonds is 6. The van der Waals surface area contributed by atoms with Crippen LogP contribution in [0, 0.1) is 5.41 Å². The van der Waals surface area contributed by atoms with Crippen molar-refractivity contribution in [2.45, 2.75) is 6.10 Å². The summed E-state index contributed by atoms with van der Waals surface area (Å²) in [7, 11) is 1.48. The average molecular weight is 472 g/mol. The van der Waals surface area contributed by atoms with Crippen molar-refractivity contribution in [3.05, 3.63) is 94.0 Å². The molecule has 9 heteroatoms. The Hall–Kier alpha value is -3.39. The van der Waals surface area contributed by atoms with E-state index in [2.05, 4.69) is 10.6 Å². The average Bonchev–Trinajstić information content (AvgIpc) is 2.77. The first-order valence-electron chi connectivity index (χ1n) is 9.39. The first kappa shape index (κ1) is 23.3. The number of halogens is 2. The Balaban J connectivity index is 1.58. The molecule has 164 valence electrons. The maximum absolute atomic E-state index is 12.2. The van der Waals surface area contributed by atoms with Crippen LogP contribution in [0.25, 0.3) is 0 Å². The molecule has 3 N–H and O–H groups in total. The van der Waals surface area contributed by atoms with Crippen molar-refractivity contribution in [1.82, 2.24) is 5.32 Å². The predicted octanol–water partition coefficient (Wildman–Crippen LogP) is 5.70. The molecule has 0 bridgehead atoms. The Morgan fingerprint density at radius 1 is 0.938 bits per heavy atom. The van der Waals surface area contributed by atoms with Gasteiger partial charge in [0.05, 0.1) is 10.6 Å². The summed E-state index contributed by atoms with van der Waals surface area (Å²) in [4.78, 5) is 24.3. The molecule has 0 saturated carbocycles. The summed E-state index contributed by atoms with van der Waals surface area (Å²) in [5, 5.41) is 13.8. The van der Waals surface area contributed by atoms with Gasteiger partial charge >= 0.3 is 6.03 Å². The smallest absolute Gasteiger partial charge is 0.326 e. The van der Waals surface area contributed by atoms with Gasteiger partial charge < -0.3 is 14.8 Å². The van der Waals surface area contributed by atoms with Gasteiger partial charge in [-0.15, -0.1) is 0 Å². The highest BCUT2D eigenvalue weighted by atomic mass is 35.5. The summed E-state index contributed by atoms with van der Waals surface area (Å²) < 4.78 is 10.9. The van der Waals surface area contributed by atoms with Gasteiger partial charge in [0.25, 0.3) is 5.91 Å². The maximum Gasteiger partial charge on any atom is 0.326 e. The van der Waals surface area contributed by atoms with E-state index in [-0.39, 0.29) is 16.5 Å². The van der Waals surface area contributed by atoms with Crippen molar-refractivity contribution in [2.24, 2.45) is 0 Å². The third kappa shape index (κ3) is 6.07. The van der Waals surface area contributed by atoms with Crippen LogP contribution in [-0.2, 0) is 4.74 Å². The van der Waals surface area contributed by atoms with Crippen molar-refractivity contribution < 1.29 is 19.1 Å². The number of anilines is 1. The van der Waals surface area contributed by atoms with Crippen molar-refractivity contribution in [3.8, 4) is 5.75 Å². The Morgan fingerprint density at radius 3 is 2.22 bits per heavy atom. The summed E-state index contributed by atoms with van der Waals surface area (Å²) >= 11 is 11.9. The number of carbonyl (C=O) groups is 2. The number of nitrogens with one attached hydrogen (secondary N) is 3. The van der Waals surface area contributed by atoms with Crippen LogP contribution < -0.4 is 15.4 Å². The minimum Gasteiger partial charge on any atom is -0.440 e. The van der Waals surface area contributed by atoms with E-state index in [9.17, 15) is 9.59 Å². The Kier molecular flexibility index (Phi) is 7.83. The molecular weight excluding hydrogens is 453 g/mol. The molecule has 3 aromatic rings. The molecule has 0 aliphatic carbocycles. The van der Waals surface area contributed by atoms with E-state index < -0.39 is 18.0 Å². The minimum atomic E-state index is -0.710. The van der Waals surface area contributed by atoms with Crippen molar-refractivity contribution in [1.29, 1.82) is 5.41 Å². The highest BCUT2D eigenvalue weighted by Crippen LogP contribution is 2.23. The van der Waals surface area contributed by atoms with Gasteiger partial charge in [-0.05, 0) is 54.1 Å². The number of benzene rings is 3. The highest BCUT2D eigenvalue weighted by molar-refractivity contribution is 6.34. The molecule has 0 saturated heterocycles. The molecule has 0 fully saturated rings. The van der Waals surface area contributed by atoms with Crippen LogP contribution in [0.4, 0.5) is 10.5 Å². The molecule has 0 heterocycles. The van der Waals surface area contributed by atoms with Crippen molar-refractivity contribution >= 4 is 46.7 Å². The molecule has 1 unspecified atom stereocenters. The second-order valence-corrected chi connectivity index (χ2v) is 7.39. The van der Waals surface area contributed by atoms with Crippen LogP contribution in [0.1, 0.15) is 22.0 Å². The molecule has 0 spiro atoms. The fraction of sp³-hybridized carbons (Fsp3) is 0.0870. The Bertz CT molecular complexity index is 1120. The molecule has 0 aliphatic rings. The second kappa shape index (κ2) is 10.8. The predicted molar refractivity (Wildman–Crippen MR) is 124 cm³/mol. The van der Waals surface area contributed by atoms with Gasteiger partial charge in [-0.1, -0.05) is 47.5 Å². The van der Waals surface area contributed by atoms with Crippen LogP contribution in [0.2, 0.25) is 10.0 Å². The van der Waals surface area contributed by atoms with Gasteiger partial charge in [0.2, 0.25) is 5.90 Å². The van der Waals surface area contributed by atoms with Crippen LogP contribution in [0.5, 0.6) is 5.75 Å². The number of hydrogen-bond acceptors (Lipinski definition) is 5. The van der Waals surface area contributed by atoms with Gasteiger partial charge in [0, 0.05) is 17.8 Å². The van der Waals surface area contributed by atoms with Crippen LogP contribution in [-0.4, -0.2) is 24.9 Å². The molecule has 0 aromatic heterocycles. The van der Waals surface area contributed by atoms with Gasteiger partial charge in [0.15, 0.2) is 6.10 Å². The minimum absolute atomic E-state index is 0.112. The van der Waals surface area contributed by atoms with E-state index in [4.69, 9.17) is 38.1 Å². The lowest BCUT2D eigenvalue weighted by molar-refractivity contribution is 0.0967. The quantitative estimate of drug-likeness (QED) is 0.317. The van der Waals surface area contributed by atoms with Crippen LogP contribution in [0.3, 0.4) is 0 Å². The molecule has 3 rings (SSSR count). The molecule has 1 atom stereocenters. The highest BCUT2D eigenvalue weighted by Gasteiger charge is 2.19. The topological polar surface area (TPSA) is 101 Å². The number of carbonyl (C=O) groups excluding carboxylic acids is 2. The zero-order valence-electron chi connectivity index (χ0n) is 16.9. The van der Waals surface area contributed by atoms with Gasteiger partial charge in [-0.3, -0.25) is 15.5 Å². The largest absolute Gasteiger partial charge is 0.440 e. The molecule has 7 nitrogen and oxygen atoms in total. The monoisotopic (exact) mass is 471 g/mol. The first-order chi connectivity index (χ1) is 15.4. The summed E-state index contributed by atoms with van der Waals surface area (Å²) in [5.74, 6) is -0.350. The van der Waals surface area contributed by atoms with E-state index in [0.29, 0.717) is 16.5 Å². The zero-order valence-corrected chi connectivity index (χ0v) is 18.4. The fourth-order valence-corrected chi connectivity index (χ4v) is 3.14. The van der Waals surface area contributed by atoms with Crippen molar-refractivity contribution in [3.63, 3.8) is 0 Å². The lowest BCUT2D eigenvalue weighted by atomic mass is 10.1. The maximum atomic E-state index is 12.2. The number of methoxy groups -OCH3 is 1. The standard InChI is InChI=1S/C23H19Cl2N3O4/c1-31-20(14-6-8-15(24)9-7-14)21(26)32-17-12-10-16(11-13-17)27-23(30)28-22(29)18-4-2-3-5-19(18)25/h2-13,20,26H,1H3,(H2,27,28,29,30). The van der Waals surface area contributed by atoms with Crippen LogP contribution in [0.15, 0.2) is 72.8 Å². The zero-order chi connectivity index (χ0) is 23.1. The number of imide groups is 1. The molecular formula is C23H19Cl2N3O4. The molecule has 0 radical (unpaired) electrons. The number of amides is 3. The van der Waals surface area contributed by atoms with Gasteiger partial charge in [0.1, 0.15) is 5.75 Å². The number of urea groups is 1. The summed E-state index contributed by atoms with van der Waals surface area (Å²) in [6.07, 6.45) is -0.702. The second-order valence-electron chi connectivity index (χ2n) is 6.55. The van der Waals surface area contributed by atoms with Crippen LogP contribution >= 0.6 is 23.2 Å². The summed E-state index contributed by atoms with van der Waals surface area (Å²) in [6, 6.07) is 18.9. The number of hydrogen-bond donors (Lipinski definition) is 3. The van der Waals surface area contributed by atoms with Crippen molar-refractivity contribution in [2.75, 3.05) is 12.4 Å². The third-order valence-corrected chi connectivity index (χ3v) is 4.91. The van der Waals surface area contributed by atoms with E-state index in [0.717, 1.165) is 5.56 Å². The third-order valence-electron chi connectivity index (χ3n) is 4.33. The van der Waals surface area contributed by atoms with Gasteiger partial charge in [-0.25, -0.2) is 4.79 Å². The SMILES string of the molecule is COC(C(=N)Oc1ccc(NC(=O)NC(=O)c2ccccc2Cl)cc1)c1ccc(Cl)cc1. The fourth-order valence-electron chi connectivity index (χ4n) is 2.80. The lowest BCUT2D eigenvalue weighted by Gasteiger charge is -2.17. The van der Waals surface area contributed by atoms with E-state index in [1.54, 1.807) is 66.7 Å². The Morgan fingerprint density at radius 2 is 1.59 bits per heavy atom. The van der Waals surface area contributed by atoms with Gasteiger partial charge in [-0.2, -0.15) is 0 Å². The first-order valence-corrected chi connectivity index (χ1v) is 10.1. The van der Waals surface area contributed by atoms with E-state index >= 15 is 0 Å². The molecule has 0 aliphatic heterocycles. The molecule has 3 amide bonds. The molecule has 3 aromatic carbocycles. The summed E-state index contributed by atoms with van der Waals surface area (Å²) in [6.45, 7) is 0.